The third kappa shape index (κ3) is 10.5. The van der Waals surface area contributed by atoms with Crippen LogP contribution in [0.3, 0.4) is 0 Å². The van der Waals surface area contributed by atoms with E-state index in [0.29, 0.717) is 0 Å². The Morgan fingerprint density at radius 1 is 0.389 bits per heavy atom. The molecule has 3 aromatic heterocycles. The van der Waals surface area contributed by atoms with E-state index in [9.17, 15) is 0 Å². The summed E-state index contributed by atoms with van der Waals surface area (Å²) in [6.07, 6.45) is 9.04. The van der Waals surface area contributed by atoms with Crippen LogP contribution in [-0.4, -0.2) is 15.0 Å². The molecule has 0 bridgehead atoms. The van der Waals surface area contributed by atoms with E-state index in [1.807, 2.05) is 116 Å². The molecule has 0 saturated heterocycles. The average Bonchev–Trinajstić information content (AvgIpc) is 3.25. The Hall–Kier alpha value is -6.00. The first-order chi connectivity index (χ1) is 26.3. The molecule has 0 spiro atoms. The zero-order chi connectivity index (χ0) is 35.9. The zero-order valence-electron chi connectivity index (χ0n) is 29.7. The van der Waals surface area contributed by atoms with Crippen molar-refractivity contribution in [3.05, 3.63) is 223 Å². The number of aryl methyl sites for hydroxylation is 4. The van der Waals surface area contributed by atoms with Crippen LogP contribution in [0.5, 0.6) is 11.5 Å². The maximum absolute atomic E-state index is 6.57. The Morgan fingerprint density at radius 3 is 1.46 bits per heavy atom. The van der Waals surface area contributed by atoms with Gasteiger partial charge in [-0.3, -0.25) is 0 Å². The first-order valence-electron chi connectivity index (χ1n) is 17.8. The van der Waals surface area contributed by atoms with Crippen molar-refractivity contribution in [1.82, 2.24) is 15.0 Å². The molecule has 0 saturated carbocycles. The molecule has 8 rings (SSSR count). The summed E-state index contributed by atoms with van der Waals surface area (Å²) in [5, 5.41) is 0. The molecule has 0 unspecified atom stereocenters. The van der Waals surface area contributed by atoms with Crippen molar-refractivity contribution < 1.29 is 24.8 Å². The van der Waals surface area contributed by atoms with Crippen LogP contribution in [-0.2, 0) is 45.8 Å². The number of nitrogens with zero attached hydrogens (tertiary/aromatic N) is 3. The van der Waals surface area contributed by atoms with Crippen LogP contribution in [0.15, 0.2) is 182 Å². The van der Waals surface area contributed by atoms with Gasteiger partial charge < -0.3 is 19.7 Å². The van der Waals surface area contributed by atoms with Crippen LogP contribution in [0.4, 0.5) is 0 Å². The molecule has 5 aromatic carbocycles. The minimum atomic E-state index is 0. The standard InChI is InChI=1S/C38H30N2O.C11H8N.Ir/c1-2-12-31(13-3-1)36-28-30(24-26-40-36)21-23-33-15-5-7-19-38(33)41-37-18-6-4-14-32(37)22-20-29-11-10-16-34(27-29)35-17-8-9-25-39-35;1-2-6-10(7-3-1)11-8-4-5-9-12-11;/h1-12,14-15,17-19,24-28H,20-23H2;1-6,8-9H;/q-2;-1;+3. The van der Waals surface area contributed by atoms with Crippen LogP contribution in [0.1, 0.15) is 22.3 Å². The smallest absolute Gasteiger partial charge is 0.457 e. The third-order valence-corrected chi connectivity index (χ3v) is 8.80. The molecule has 0 atom stereocenters. The molecule has 0 amide bonds. The van der Waals surface area contributed by atoms with Gasteiger partial charge in [0.2, 0.25) is 0 Å². The number of hydrogen-bond acceptors (Lipinski definition) is 4. The van der Waals surface area contributed by atoms with Crippen LogP contribution in [0.25, 0.3) is 33.8 Å². The number of rotatable bonds is 11. The van der Waals surface area contributed by atoms with Gasteiger partial charge in [0.05, 0.1) is 0 Å². The van der Waals surface area contributed by atoms with Gasteiger partial charge in [-0.1, -0.05) is 72.3 Å². The maximum Gasteiger partial charge on any atom is 3.00 e. The predicted octanol–water partition coefficient (Wildman–Crippen LogP) is 11.3. The fraction of sp³-hybridized carbons (Fsp3) is 0.0816. The summed E-state index contributed by atoms with van der Waals surface area (Å²) in [4.78, 5) is 13.2. The fourth-order valence-electron chi connectivity index (χ4n) is 6.04. The largest absolute Gasteiger partial charge is 3.00 e. The number of aromatic nitrogens is 3. The molecule has 0 N–H and O–H groups in total. The molecule has 0 aliphatic rings. The van der Waals surface area contributed by atoms with Crippen molar-refractivity contribution in [1.29, 1.82) is 0 Å². The minimum absolute atomic E-state index is 0. The van der Waals surface area contributed by atoms with E-state index < -0.39 is 0 Å². The molecule has 4 nitrogen and oxygen atoms in total. The summed E-state index contributed by atoms with van der Waals surface area (Å²) in [7, 11) is 0. The second-order valence-electron chi connectivity index (χ2n) is 12.5. The van der Waals surface area contributed by atoms with Gasteiger partial charge >= 0.3 is 20.1 Å². The van der Waals surface area contributed by atoms with Gasteiger partial charge in [0.1, 0.15) is 11.5 Å². The Morgan fingerprint density at radius 2 is 0.889 bits per heavy atom. The molecule has 8 aromatic rings. The monoisotopic (exact) mass is 877 g/mol. The normalized spacial score (nSPS) is 10.4. The fourth-order valence-corrected chi connectivity index (χ4v) is 6.04. The van der Waals surface area contributed by atoms with Crippen molar-refractivity contribution in [3.8, 4) is 45.3 Å². The summed E-state index contributed by atoms with van der Waals surface area (Å²) in [5.74, 6) is 1.80. The van der Waals surface area contributed by atoms with Crippen molar-refractivity contribution in [2.24, 2.45) is 0 Å². The van der Waals surface area contributed by atoms with Crippen LogP contribution in [0, 0.1) is 18.2 Å². The Kier molecular flexibility index (Phi) is 13.8. The molecule has 0 radical (unpaired) electrons. The number of benzene rings is 5. The molecule has 0 aliphatic carbocycles. The molecule has 0 aliphatic heterocycles. The quantitative estimate of drug-likeness (QED) is 0.121. The van der Waals surface area contributed by atoms with E-state index in [2.05, 4.69) is 93.8 Å². The molecular formula is C49H38IrN3O. The minimum Gasteiger partial charge on any atom is -0.457 e. The Bertz CT molecular complexity index is 2150. The Labute approximate surface area is 332 Å². The summed E-state index contributed by atoms with van der Waals surface area (Å²) in [6.45, 7) is 0. The van der Waals surface area contributed by atoms with Gasteiger partial charge in [-0.15, -0.1) is 107 Å². The molecule has 5 heteroatoms. The third-order valence-electron chi connectivity index (χ3n) is 8.80. The topological polar surface area (TPSA) is 47.9 Å². The van der Waals surface area contributed by atoms with E-state index in [1.165, 1.54) is 22.3 Å². The van der Waals surface area contributed by atoms with E-state index >= 15 is 0 Å². The van der Waals surface area contributed by atoms with Crippen molar-refractivity contribution in [2.75, 3.05) is 0 Å². The first-order valence-corrected chi connectivity index (χ1v) is 17.8. The average molecular weight is 877 g/mol. The van der Waals surface area contributed by atoms with Gasteiger partial charge in [0.15, 0.2) is 0 Å². The molecule has 54 heavy (non-hydrogen) atoms. The SMILES string of the molecule is [Ir+3].[c-]1ccccc1-c1cc(CCc2ccccc2Oc2ccccc2CCc2cc[c-]c(-c3ccccn3)c2)ccn1.[c-]1ccccc1-c1ccccn1. The molecular weight excluding hydrogens is 839 g/mol. The summed E-state index contributed by atoms with van der Waals surface area (Å²) in [6, 6.07) is 64.6. The predicted molar refractivity (Wildman–Crippen MR) is 213 cm³/mol. The number of pyridine rings is 3. The summed E-state index contributed by atoms with van der Waals surface area (Å²) < 4.78 is 6.57. The van der Waals surface area contributed by atoms with Gasteiger partial charge in [0, 0.05) is 18.6 Å². The van der Waals surface area contributed by atoms with E-state index in [4.69, 9.17) is 4.74 Å². The van der Waals surface area contributed by atoms with Gasteiger partial charge in [-0.2, -0.15) is 0 Å². The number of para-hydroxylation sites is 2. The summed E-state index contributed by atoms with van der Waals surface area (Å²) in [5.41, 5.74) is 10.8. The molecule has 264 valence electrons. The Balaban J connectivity index is 0.000000324. The number of hydrogen-bond donors (Lipinski definition) is 0. The number of ether oxygens (including phenoxy) is 1. The molecule has 0 fully saturated rings. The second kappa shape index (κ2) is 19.7. The molecule has 3 heterocycles. The van der Waals surface area contributed by atoms with Crippen molar-refractivity contribution in [2.45, 2.75) is 25.7 Å². The van der Waals surface area contributed by atoms with Gasteiger partial charge in [-0.05, 0) is 84.2 Å². The van der Waals surface area contributed by atoms with Crippen molar-refractivity contribution in [3.63, 3.8) is 0 Å². The maximum atomic E-state index is 6.57. The summed E-state index contributed by atoms with van der Waals surface area (Å²) >= 11 is 0. The van der Waals surface area contributed by atoms with Crippen LogP contribution < -0.4 is 4.74 Å². The second-order valence-corrected chi connectivity index (χ2v) is 12.5. The van der Waals surface area contributed by atoms with Crippen molar-refractivity contribution >= 4 is 0 Å². The van der Waals surface area contributed by atoms with E-state index in [1.54, 1.807) is 6.20 Å². The van der Waals surface area contributed by atoms with Crippen LogP contribution >= 0.6 is 0 Å². The van der Waals surface area contributed by atoms with Gasteiger partial charge in [0.25, 0.3) is 0 Å². The van der Waals surface area contributed by atoms with Crippen LogP contribution in [0.2, 0.25) is 0 Å². The zero-order valence-corrected chi connectivity index (χ0v) is 32.1. The van der Waals surface area contributed by atoms with E-state index in [0.717, 1.165) is 71.0 Å². The van der Waals surface area contributed by atoms with E-state index in [-0.39, 0.29) is 20.1 Å². The van der Waals surface area contributed by atoms with Gasteiger partial charge in [-0.25, -0.2) is 0 Å². The first kappa shape index (κ1) is 37.7.